The number of piperidine rings is 3. The lowest BCUT2D eigenvalue weighted by Gasteiger charge is -2.48. The maximum absolute atomic E-state index is 14.7. The van der Waals surface area contributed by atoms with Crippen molar-refractivity contribution in [2.45, 2.75) is 122 Å². The molecule has 0 saturated carbocycles. The fourth-order valence-electron chi connectivity index (χ4n) is 12.8. The highest BCUT2D eigenvalue weighted by atomic mass is 32.1. The Morgan fingerprint density at radius 3 is 1.87 bits per heavy atom. The van der Waals surface area contributed by atoms with Gasteiger partial charge < -0.3 is 30.2 Å². The first kappa shape index (κ1) is 57.8. The molecule has 0 spiro atoms. The molecule has 86 heavy (non-hydrogen) atoms. The number of aromatic amines is 1. The predicted molar refractivity (Wildman–Crippen MR) is 342 cm³/mol. The van der Waals surface area contributed by atoms with Crippen LogP contribution in [-0.2, 0) is 6.18 Å². The Labute approximate surface area is 507 Å². The van der Waals surface area contributed by atoms with Gasteiger partial charge in [-0.15, -0.1) is 22.7 Å². The fraction of sp³-hybridized carbons (Fsp3) is 0.369. The quantitative estimate of drug-likeness (QED) is 0.113. The van der Waals surface area contributed by atoms with E-state index in [1.165, 1.54) is 50.2 Å². The summed E-state index contributed by atoms with van der Waals surface area (Å²) in [5, 5.41) is 18.4. The summed E-state index contributed by atoms with van der Waals surface area (Å²) in [5.74, 6) is 1.72. The average molecular weight is 1220 g/mol. The summed E-state index contributed by atoms with van der Waals surface area (Å²) in [4.78, 5) is 32.9. The molecule has 4 N–H and O–H groups in total. The molecule has 444 valence electrons. The number of benzene rings is 4. The largest absolute Gasteiger partial charge is 0.420 e. The van der Waals surface area contributed by atoms with Crippen molar-refractivity contribution in [2.24, 2.45) is 0 Å². The lowest BCUT2D eigenvalue weighted by atomic mass is 9.79. The number of H-pyrrole nitrogens is 1. The standard InChI is InChI=1S/C26H30F3N5S.C20H20N4S.C19H18FN5S/c1-15-13-34-14-17(9-19(22(34)30-15)26(27,28)29)16-7-8-20-21(10-16)35-23(31-20)33(6)18-11-24(2,3)32-25(4,5)12-18;1-12-22-16-4-2-14(10-18(16)23-12)15-3-5-17-19(11-15)25-20(24-17)13-6-8-21-9-7-13;1-11-10-25-17(22-11)3-2-15(24-25)13-8-14(20)18-16(9-13)26-19(23-18)12-4-6-21-7-5-12/h7-10,13-14,18,32H,11-12H2,1-6H3;2-5,10-11,13,21H,6-9H2,1H3,(H,22,23);2-3,8-10,12,21H,4-7H2,1H3. The van der Waals surface area contributed by atoms with Gasteiger partial charge in [0.15, 0.2) is 16.6 Å². The number of halogens is 4. The number of fused-ring (bicyclic) bond motifs is 6. The Hall–Kier alpha value is -7.27. The van der Waals surface area contributed by atoms with Crippen LogP contribution in [0.2, 0.25) is 0 Å². The number of pyridine rings is 1. The van der Waals surface area contributed by atoms with E-state index in [4.69, 9.17) is 9.97 Å². The number of imidazole rings is 3. The second-order valence-corrected chi connectivity index (χ2v) is 27.7. The van der Waals surface area contributed by atoms with Crippen molar-refractivity contribution in [3.63, 3.8) is 0 Å². The van der Waals surface area contributed by atoms with Gasteiger partial charge in [0, 0.05) is 54.0 Å². The van der Waals surface area contributed by atoms with Crippen molar-refractivity contribution >= 4 is 92.1 Å². The summed E-state index contributed by atoms with van der Waals surface area (Å²) in [6.45, 7) is 18.8. The van der Waals surface area contributed by atoms with Gasteiger partial charge in [0.1, 0.15) is 17.0 Å². The molecule has 0 unspecified atom stereocenters. The van der Waals surface area contributed by atoms with E-state index in [1.54, 1.807) is 46.5 Å². The van der Waals surface area contributed by atoms with E-state index < -0.39 is 11.7 Å². The highest BCUT2D eigenvalue weighted by Gasteiger charge is 2.40. The van der Waals surface area contributed by atoms with Gasteiger partial charge in [-0.3, -0.25) is 0 Å². The van der Waals surface area contributed by atoms with Crippen LogP contribution in [0.3, 0.4) is 0 Å². The minimum absolute atomic E-state index is 0.0189. The predicted octanol–water partition coefficient (Wildman–Crippen LogP) is 15.2. The van der Waals surface area contributed by atoms with Crippen LogP contribution in [0.1, 0.15) is 111 Å². The molecule has 15 rings (SSSR count). The van der Waals surface area contributed by atoms with Gasteiger partial charge in [0.2, 0.25) is 0 Å². The lowest BCUT2D eigenvalue weighted by Crippen LogP contribution is -2.61. The van der Waals surface area contributed by atoms with E-state index in [-0.39, 0.29) is 22.5 Å². The maximum atomic E-state index is 14.7. The highest BCUT2D eigenvalue weighted by Crippen LogP contribution is 2.41. The van der Waals surface area contributed by atoms with Crippen LogP contribution >= 0.6 is 34.0 Å². The number of alkyl halides is 3. The molecule has 0 radical (unpaired) electrons. The second kappa shape index (κ2) is 22.8. The Balaban J connectivity index is 0.000000122. The van der Waals surface area contributed by atoms with E-state index in [1.807, 2.05) is 67.8 Å². The van der Waals surface area contributed by atoms with Crippen molar-refractivity contribution in [2.75, 3.05) is 38.1 Å². The van der Waals surface area contributed by atoms with Crippen molar-refractivity contribution in [3.8, 4) is 33.5 Å². The molecule has 3 aliphatic heterocycles. The smallest absolute Gasteiger partial charge is 0.348 e. The third-order valence-electron chi connectivity index (χ3n) is 16.6. The first-order chi connectivity index (χ1) is 41.1. The molecular formula is C65H68F4N14S3. The monoisotopic (exact) mass is 1220 g/mol. The summed E-state index contributed by atoms with van der Waals surface area (Å²) in [7, 11) is 2.09. The Morgan fingerprint density at radius 2 is 1.19 bits per heavy atom. The van der Waals surface area contributed by atoms with Crippen molar-refractivity contribution < 1.29 is 17.6 Å². The van der Waals surface area contributed by atoms with Crippen molar-refractivity contribution in [1.82, 2.24) is 64.9 Å². The summed E-state index contributed by atoms with van der Waals surface area (Å²) in [6.07, 6.45) is 7.22. The van der Waals surface area contributed by atoms with Gasteiger partial charge in [0.25, 0.3) is 0 Å². The molecule has 14 nitrogen and oxygen atoms in total. The van der Waals surface area contributed by atoms with Crippen LogP contribution in [0.4, 0.5) is 22.7 Å². The van der Waals surface area contributed by atoms with E-state index in [0.29, 0.717) is 34.7 Å². The van der Waals surface area contributed by atoms with Crippen LogP contribution in [0.15, 0.2) is 104 Å². The van der Waals surface area contributed by atoms with Crippen LogP contribution in [0.25, 0.3) is 86.5 Å². The molecule has 0 amide bonds. The molecule has 0 aliphatic carbocycles. The third kappa shape index (κ3) is 12.1. The Kier molecular flexibility index (Phi) is 15.3. The van der Waals surface area contributed by atoms with E-state index in [2.05, 4.69) is 122 Å². The van der Waals surface area contributed by atoms with Crippen molar-refractivity contribution in [3.05, 3.63) is 142 Å². The molecule has 0 bridgehead atoms. The second-order valence-electron chi connectivity index (χ2n) is 24.6. The summed E-state index contributed by atoms with van der Waals surface area (Å²) in [5.41, 5.74) is 11.2. The van der Waals surface area contributed by atoms with Gasteiger partial charge >= 0.3 is 6.18 Å². The molecule has 3 fully saturated rings. The first-order valence-electron chi connectivity index (χ1n) is 29.4. The molecule has 3 aliphatic rings. The molecule has 11 heterocycles. The molecule has 21 heteroatoms. The number of anilines is 1. The summed E-state index contributed by atoms with van der Waals surface area (Å²) < 4.78 is 62.4. The normalized spacial score (nSPS) is 17.0. The number of thiazole rings is 3. The minimum Gasteiger partial charge on any atom is -0.348 e. The van der Waals surface area contributed by atoms with Gasteiger partial charge in [0.05, 0.1) is 75.0 Å². The highest BCUT2D eigenvalue weighted by molar-refractivity contribution is 7.22. The Morgan fingerprint density at radius 1 is 0.593 bits per heavy atom. The van der Waals surface area contributed by atoms with Gasteiger partial charge in [-0.05, 0) is 202 Å². The van der Waals surface area contributed by atoms with E-state index in [9.17, 15) is 17.6 Å². The lowest BCUT2D eigenvalue weighted by molar-refractivity contribution is -0.136. The van der Waals surface area contributed by atoms with Gasteiger partial charge in [-0.1, -0.05) is 29.5 Å². The van der Waals surface area contributed by atoms with Crippen LogP contribution in [0, 0.1) is 26.6 Å². The fourth-order valence-corrected chi connectivity index (χ4v) is 16.2. The van der Waals surface area contributed by atoms with Crippen LogP contribution in [-0.4, -0.2) is 99.2 Å². The molecule has 8 aromatic heterocycles. The number of hydrogen-bond donors (Lipinski definition) is 4. The van der Waals surface area contributed by atoms with Gasteiger partial charge in [-0.25, -0.2) is 38.8 Å². The first-order valence-corrected chi connectivity index (χ1v) is 31.8. The molecule has 3 saturated heterocycles. The van der Waals surface area contributed by atoms with Crippen LogP contribution < -0.4 is 20.9 Å². The molecule has 12 aromatic rings. The van der Waals surface area contributed by atoms with Gasteiger partial charge in [-0.2, -0.15) is 18.3 Å². The molecule has 4 aromatic carbocycles. The third-order valence-corrected chi connectivity index (χ3v) is 20.1. The van der Waals surface area contributed by atoms with E-state index >= 15 is 0 Å². The topological polar surface area (TPSA) is 154 Å². The zero-order chi connectivity index (χ0) is 59.8. The number of nitrogens with zero attached hydrogens (tertiary/aromatic N) is 10. The number of aromatic nitrogens is 10. The number of rotatable bonds is 7. The average Bonchev–Trinajstić information content (AvgIpc) is 2.50. The zero-order valence-electron chi connectivity index (χ0n) is 49.3. The van der Waals surface area contributed by atoms with Crippen LogP contribution in [0.5, 0.6) is 0 Å². The SMILES string of the molecule is Cc1cn2cc(-c3ccc4nc(N(C)C5CC(C)(C)NC(C)(C)C5)sc4c3)cc(C(F)(F)F)c2n1.Cc1cn2nc(-c3cc(F)c4nc(C5CCNCC5)sc4c3)ccc2n1.Cc1nc2ccc(-c3ccc4nc(C5CCNCC5)sc4c3)cc2[nH]1. The minimum atomic E-state index is -4.49. The van der Waals surface area contributed by atoms with Crippen molar-refractivity contribution in [1.29, 1.82) is 0 Å². The van der Waals surface area contributed by atoms with E-state index in [0.717, 1.165) is 127 Å². The maximum Gasteiger partial charge on any atom is 0.420 e. The summed E-state index contributed by atoms with van der Waals surface area (Å²) in [6, 6.07) is 27.6. The zero-order valence-corrected chi connectivity index (χ0v) is 51.8. The molecule has 0 atom stereocenters. The Bertz CT molecular complexity index is 4460. The molecular weight excluding hydrogens is 1150 g/mol. The number of hydrogen-bond acceptors (Lipinski definition) is 14. The summed E-state index contributed by atoms with van der Waals surface area (Å²) >= 11 is 5.05. The number of nitrogens with one attached hydrogen (secondary N) is 4. The number of aryl methyl sites for hydroxylation is 3.